The van der Waals surface area contributed by atoms with E-state index in [2.05, 4.69) is 272 Å². The van der Waals surface area contributed by atoms with Crippen LogP contribution in [0.2, 0.25) is 0 Å². The third-order valence-corrected chi connectivity index (χ3v) is 15.2. The fraction of sp³-hybridized carbons (Fsp3) is 0. The topological polar surface area (TPSA) is 24.6 Å². The fourth-order valence-corrected chi connectivity index (χ4v) is 12.4. The number of benzene rings is 11. The van der Waals surface area contributed by atoms with Gasteiger partial charge in [-0.2, -0.15) is 0 Å². The van der Waals surface area contributed by atoms with E-state index in [1.54, 1.807) is 0 Å². The third kappa shape index (κ3) is 5.29. The van der Waals surface area contributed by atoms with E-state index in [4.69, 9.17) is 0 Å². The van der Waals surface area contributed by atoms with Crippen molar-refractivity contribution in [2.24, 2.45) is 0 Å². The van der Waals surface area contributed by atoms with Gasteiger partial charge >= 0.3 is 0 Å². The second-order valence-corrected chi connectivity index (χ2v) is 18.9. The molecule has 0 aliphatic carbocycles. The number of aromatic nitrogens is 5. The lowest BCUT2D eigenvalue weighted by Gasteiger charge is -2.16. The van der Waals surface area contributed by atoms with Crippen LogP contribution in [-0.4, -0.2) is 22.8 Å². The van der Waals surface area contributed by atoms with Crippen LogP contribution in [0, 0.1) is 0 Å². The lowest BCUT2D eigenvalue weighted by Crippen LogP contribution is -2.00. The normalized spacial score (nSPS) is 12.2. The van der Waals surface area contributed by atoms with E-state index in [1.807, 2.05) is 0 Å². The van der Waals surface area contributed by atoms with Gasteiger partial charge in [-0.25, -0.2) is 0 Å². The van der Waals surface area contributed by atoms with Crippen molar-refractivity contribution in [1.29, 1.82) is 0 Å². The minimum Gasteiger partial charge on any atom is -0.309 e. The summed E-state index contributed by atoms with van der Waals surface area (Å²) in [5.74, 6) is 0. The van der Waals surface area contributed by atoms with Crippen LogP contribution in [0.4, 0.5) is 0 Å². The van der Waals surface area contributed by atoms with E-state index >= 15 is 0 Å². The average Bonchev–Trinajstić information content (AvgIpc) is 4.23. The number of nitrogens with zero attached hydrogens (tertiary/aromatic N) is 5. The van der Waals surface area contributed by atoms with Gasteiger partial charge in [0.25, 0.3) is 0 Å². The molecule has 0 amide bonds. The van der Waals surface area contributed by atoms with Gasteiger partial charge in [0.15, 0.2) is 0 Å². The summed E-state index contributed by atoms with van der Waals surface area (Å²) in [6, 6.07) is 91.4. The summed E-state index contributed by atoms with van der Waals surface area (Å²) in [6.45, 7) is 0. The number of para-hydroxylation sites is 6. The van der Waals surface area contributed by atoms with Crippen LogP contribution in [-0.2, 0) is 0 Å². The molecule has 16 aromatic rings. The Kier molecular flexibility index (Phi) is 7.82. The highest BCUT2D eigenvalue weighted by Gasteiger charge is 2.24. The SMILES string of the molecule is c1ccc(-n2c3ccccc3c3cc(-n4c5cccc6c5c5c(cccc54)n6-c4cccc(-c5ccccc5-n5c6ccccc6c6ccc(-n7c8ccccc8c8ccccc87)cc65)c4)ccc32)cc1. The van der Waals surface area contributed by atoms with E-state index in [9.17, 15) is 0 Å². The van der Waals surface area contributed by atoms with Gasteiger partial charge in [0.1, 0.15) is 0 Å². The lowest BCUT2D eigenvalue weighted by atomic mass is 10.0. The first kappa shape index (κ1) is 38.4. The molecule has 0 saturated carbocycles. The molecule has 0 aliphatic heterocycles. The highest BCUT2D eigenvalue weighted by atomic mass is 15.0. The predicted molar refractivity (Wildman–Crippen MR) is 297 cm³/mol. The molecule has 0 aliphatic rings. The molecule has 5 nitrogen and oxygen atoms in total. The van der Waals surface area contributed by atoms with Crippen LogP contribution in [0.1, 0.15) is 0 Å². The molecule has 0 N–H and O–H groups in total. The van der Waals surface area contributed by atoms with Crippen molar-refractivity contribution in [3.63, 3.8) is 0 Å². The second kappa shape index (κ2) is 14.5. The zero-order chi connectivity index (χ0) is 46.3. The Balaban J connectivity index is 0.860. The van der Waals surface area contributed by atoms with Crippen LogP contribution in [0.15, 0.2) is 249 Å². The Morgan fingerprint density at radius 2 is 0.592 bits per heavy atom. The van der Waals surface area contributed by atoms with E-state index in [1.165, 1.54) is 104 Å². The van der Waals surface area contributed by atoms with Gasteiger partial charge in [0.2, 0.25) is 0 Å². The molecule has 0 bridgehead atoms. The van der Waals surface area contributed by atoms with Gasteiger partial charge in [0, 0.05) is 71.4 Å². The average molecular weight is 904 g/mol. The Morgan fingerprint density at radius 3 is 1.21 bits per heavy atom. The largest absolute Gasteiger partial charge is 0.309 e. The first-order chi connectivity index (χ1) is 35.3. The zero-order valence-corrected chi connectivity index (χ0v) is 38.4. The third-order valence-electron chi connectivity index (χ3n) is 15.2. The minimum atomic E-state index is 1.13. The smallest absolute Gasteiger partial charge is 0.0563 e. The van der Waals surface area contributed by atoms with Crippen LogP contribution in [0.3, 0.4) is 0 Å². The maximum Gasteiger partial charge on any atom is 0.0563 e. The quantitative estimate of drug-likeness (QED) is 0.159. The molecule has 0 spiro atoms. The Labute approximate surface area is 407 Å². The molecule has 0 saturated heterocycles. The van der Waals surface area contributed by atoms with Gasteiger partial charge in [-0.15, -0.1) is 0 Å². The maximum absolute atomic E-state index is 2.48. The molecule has 5 heterocycles. The van der Waals surface area contributed by atoms with Gasteiger partial charge in [-0.05, 0) is 115 Å². The van der Waals surface area contributed by atoms with Gasteiger partial charge in [-0.3, -0.25) is 0 Å². The summed E-state index contributed by atoms with van der Waals surface area (Å²) >= 11 is 0. The minimum absolute atomic E-state index is 1.13. The summed E-state index contributed by atoms with van der Waals surface area (Å²) in [4.78, 5) is 0. The standard InChI is InChI=1S/C66H41N5/c1-2-18-43(19-3-1)67-57-29-12-8-25-51(57)53-40-45(36-38-59(53)67)70-62-33-15-31-60-65(62)66-61(32-16-34-63(66)70)69(60)44-20-14-17-42(39-44)47-21-4-9-26-54(47)71-58-30-13-7-24-50(58)52-37-35-46(41-64(52)71)68-55-27-10-5-22-48(55)49-23-6-11-28-56(49)68/h1-41H. The Bertz CT molecular complexity index is 4700. The van der Waals surface area contributed by atoms with Crippen molar-refractivity contribution in [3.05, 3.63) is 249 Å². The number of fused-ring (bicyclic) bond motifs is 9. The first-order valence-electron chi connectivity index (χ1n) is 24.4. The van der Waals surface area contributed by atoms with Crippen LogP contribution in [0.25, 0.3) is 138 Å². The summed E-state index contributed by atoms with van der Waals surface area (Å²) in [5, 5.41) is 10.0. The van der Waals surface area contributed by atoms with E-state index in [0.717, 1.165) is 34.0 Å². The van der Waals surface area contributed by atoms with Gasteiger partial charge in [-0.1, -0.05) is 140 Å². The molecule has 0 atom stereocenters. The zero-order valence-electron chi connectivity index (χ0n) is 38.4. The fourth-order valence-electron chi connectivity index (χ4n) is 12.4. The summed E-state index contributed by atoms with van der Waals surface area (Å²) < 4.78 is 12.2. The van der Waals surface area contributed by atoms with Gasteiger partial charge in [0.05, 0.1) is 60.9 Å². The van der Waals surface area contributed by atoms with Crippen LogP contribution in [0.5, 0.6) is 0 Å². The molecule has 71 heavy (non-hydrogen) atoms. The molecule has 0 fully saturated rings. The van der Waals surface area contributed by atoms with Crippen LogP contribution < -0.4 is 0 Å². The molecular weight excluding hydrogens is 863 g/mol. The van der Waals surface area contributed by atoms with Crippen molar-refractivity contribution in [2.45, 2.75) is 0 Å². The number of hydrogen-bond donors (Lipinski definition) is 0. The molecular formula is C66H41N5. The molecule has 0 unspecified atom stereocenters. The highest BCUT2D eigenvalue weighted by molar-refractivity contribution is 6.25. The second-order valence-electron chi connectivity index (χ2n) is 18.9. The van der Waals surface area contributed by atoms with Gasteiger partial charge < -0.3 is 22.8 Å². The van der Waals surface area contributed by atoms with Crippen molar-refractivity contribution in [1.82, 2.24) is 22.8 Å². The highest BCUT2D eigenvalue weighted by Crippen LogP contribution is 2.45. The number of hydrogen-bond acceptors (Lipinski definition) is 0. The van der Waals surface area contributed by atoms with Crippen molar-refractivity contribution in [3.8, 4) is 39.6 Å². The van der Waals surface area contributed by atoms with Crippen molar-refractivity contribution in [2.75, 3.05) is 0 Å². The maximum atomic E-state index is 2.48. The lowest BCUT2D eigenvalue weighted by molar-refractivity contribution is 1.15. The summed E-state index contributed by atoms with van der Waals surface area (Å²) in [5.41, 5.74) is 20.0. The predicted octanol–water partition coefficient (Wildman–Crippen LogP) is 17.1. The first-order valence-corrected chi connectivity index (χ1v) is 24.4. The number of rotatable bonds is 6. The van der Waals surface area contributed by atoms with E-state index in [-0.39, 0.29) is 0 Å². The molecule has 5 heteroatoms. The van der Waals surface area contributed by atoms with Crippen LogP contribution >= 0.6 is 0 Å². The Hall–Kier alpha value is -9.58. The summed E-state index contributed by atoms with van der Waals surface area (Å²) in [7, 11) is 0. The van der Waals surface area contributed by atoms with E-state index < -0.39 is 0 Å². The molecule has 5 aromatic heterocycles. The monoisotopic (exact) mass is 903 g/mol. The Morgan fingerprint density at radius 1 is 0.197 bits per heavy atom. The van der Waals surface area contributed by atoms with E-state index in [0.29, 0.717) is 0 Å². The molecule has 11 aromatic carbocycles. The summed E-state index contributed by atoms with van der Waals surface area (Å²) in [6.07, 6.45) is 0. The van der Waals surface area contributed by atoms with Crippen molar-refractivity contribution < 1.29 is 0 Å². The van der Waals surface area contributed by atoms with Crippen molar-refractivity contribution >= 4 is 98.3 Å². The molecule has 330 valence electrons. The molecule has 16 rings (SSSR count). The molecule has 0 radical (unpaired) electrons.